The van der Waals surface area contributed by atoms with E-state index in [9.17, 15) is 0 Å². The zero-order valence-electron chi connectivity index (χ0n) is 43.2. The third-order valence-electron chi connectivity index (χ3n) is 15.7. The van der Waals surface area contributed by atoms with Crippen LogP contribution in [0.15, 0.2) is 308 Å². The van der Waals surface area contributed by atoms with Gasteiger partial charge in [-0.2, -0.15) is 0 Å². The van der Waals surface area contributed by atoms with Crippen molar-refractivity contribution in [1.82, 2.24) is 0 Å². The Morgan fingerprint density at radius 1 is 0.215 bits per heavy atom. The van der Waals surface area contributed by atoms with Gasteiger partial charge in [-0.15, -0.1) is 0 Å². The number of hydrogen-bond donors (Lipinski definition) is 0. The largest absolute Gasteiger partial charge is 0.455 e. The second-order valence-electron chi connectivity index (χ2n) is 20.4. The van der Waals surface area contributed by atoms with Gasteiger partial charge in [-0.3, -0.25) is 0 Å². The van der Waals surface area contributed by atoms with E-state index in [0.717, 1.165) is 111 Å². The van der Waals surface area contributed by atoms with Crippen molar-refractivity contribution in [3.63, 3.8) is 0 Å². The van der Waals surface area contributed by atoms with Crippen molar-refractivity contribution >= 4 is 99.2 Å². The summed E-state index contributed by atoms with van der Waals surface area (Å²) >= 11 is 0. The van der Waals surface area contributed by atoms with Gasteiger partial charge in [-0.1, -0.05) is 231 Å². The van der Waals surface area contributed by atoms with Crippen LogP contribution in [0.3, 0.4) is 0 Å². The lowest BCUT2D eigenvalue weighted by molar-refractivity contribution is 0.670. The maximum absolute atomic E-state index is 7.20. The molecule has 15 aromatic rings. The average Bonchev–Trinajstić information content (AvgIpc) is 4.04. The van der Waals surface area contributed by atoms with Crippen molar-refractivity contribution < 1.29 is 4.42 Å². The zero-order valence-corrected chi connectivity index (χ0v) is 43.2. The van der Waals surface area contributed by atoms with Crippen LogP contribution >= 0.6 is 0 Å². The van der Waals surface area contributed by atoms with Gasteiger partial charge in [0.15, 0.2) is 0 Å². The summed E-state index contributed by atoms with van der Waals surface area (Å²) in [5.41, 5.74) is 17.0. The van der Waals surface area contributed by atoms with E-state index in [4.69, 9.17) is 4.42 Å². The molecule has 0 atom stereocenters. The van der Waals surface area contributed by atoms with Crippen LogP contribution in [0.4, 0.5) is 34.1 Å². The average molecular weight is 1010 g/mol. The molecule has 0 spiro atoms. The highest BCUT2D eigenvalue weighted by molar-refractivity contribution is 6.12. The quantitative estimate of drug-likeness (QED) is 0.136. The summed E-state index contributed by atoms with van der Waals surface area (Å²) in [5, 5.41) is 11.5. The summed E-state index contributed by atoms with van der Waals surface area (Å²) in [6, 6.07) is 110. The summed E-state index contributed by atoms with van der Waals surface area (Å²) in [7, 11) is 0. The normalized spacial score (nSPS) is 11.5. The molecule has 370 valence electrons. The molecule has 0 aliphatic carbocycles. The predicted octanol–water partition coefficient (Wildman–Crippen LogP) is 21.8. The summed E-state index contributed by atoms with van der Waals surface area (Å²) in [5.74, 6) is 0. The smallest absolute Gasteiger partial charge is 0.143 e. The second kappa shape index (κ2) is 19.3. The van der Waals surface area contributed by atoms with E-state index in [0.29, 0.717) is 0 Å². The molecule has 0 aliphatic heterocycles. The Morgan fingerprint density at radius 2 is 0.582 bits per heavy atom. The molecule has 0 aliphatic rings. The van der Waals surface area contributed by atoms with Crippen LogP contribution in [0.2, 0.25) is 0 Å². The lowest BCUT2D eigenvalue weighted by Gasteiger charge is -2.32. The molecule has 0 unspecified atom stereocenters. The molecule has 3 nitrogen and oxygen atoms in total. The van der Waals surface area contributed by atoms with Crippen molar-refractivity contribution in [3.05, 3.63) is 303 Å². The molecule has 1 heterocycles. The van der Waals surface area contributed by atoms with Crippen LogP contribution in [-0.4, -0.2) is 0 Å². The molecule has 0 radical (unpaired) electrons. The SMILES string of the molecule is c1ccc(-c2cc(-c3ccccc3)cc(-c3cccc4c3oc3cc(-c5cc(N(c6cccc7ccccc67)c6cccc7ccccc67)cc(N(c6cccc7ccccc67)c6cccc7ccccc67)c5)ccc34)c2)cc1. The predicted molar refractivity (Wildman–Crippen MR) is 335 cm³/mol. The Morgan fingerprint density at radius 3 is 1.04 bits per heavy atom. The Kier molecular flexibility index (Phi) is 11.2. The molecule has 0 N–H and O–H groups in total. The van der Waals surface area contributed by atoms with E-state index < -0.39 is 0 Å². The van der Waals surface area contributed by atoms with Gasteiger partial charge in [0.1, 0.15) is 11.2 Å². The standard InChI is InChI=1S/C76H50N2O/c1-3-20-51(21-4-1)58-44-59(52-22-5-2-6-23-52)46-61(45-58)68-36-19-37-70-69-43-42-57(49-75(69)79-76(68)70)60-47-62(77(71-38-15-28-53-24-7-11-32-64(53)71)72-39-16-29-54-25-8-12-33-65(54)72)50-63(48-60)78(73-40-17-30-55-26-9-13-34-66(55)73)74-41-18-31-56-27-10-14-35-67(56)74/h1-50H. The first-order valence-corrected chi connectivity index (χ1v) is 27.1. The van der Waals surface area contributed by atoms with E-state index in [2.05, 4.69) is 313 Å². The fourth-order valence-electron chi connectivity index (χ4n) is 12.0. The van der Waals surface area contributed by atoms with Crippen molar-refractivity contribution in [2.45, 2.75) is 0 Å². The van der Waals surface area contributed by atoms with Gasteiger partial charge in [0.05, 0.1) is 22.7 Å². The van der Waals surface area contributed by atoms with Crippen LogP contribution in [-0.2, 0) is 0 Å². The maximum Gasteiger partial charge on any atom is 0.143 e. The Balaban J connectivity index is 0.988. The summed E-state index contributed by atoms with van der Waals surface area (Å²) in [4.78, 5) is 4.95. The fraction of sp³-hybridized carbons (Fsp3) is 0. The number of anilines is 6. The van der Waals surface area contributed by atoms with Gasteiger partial charge >= 0.3 is 0 Å². The van der Waals surface area contributed by atoms with E-state index >= 15 is 0 Å². The number of fused-ring (bicyclic) bond motifs is 7. The van der Waals surface area contributed by atoms with Gasteiger partial charge in [0.2, 0.25) is 0 Å². The highest BCUT2D eigenvalue weighted by Gasteiger charge is 2.25. The molecular formula is C76H50N2O. The van der Waals surface area contributed by atoms with Crippen molar-refractivity contribution in [2.24, 2.45) is 0 Å². The van der Waals surface area contributed by atoms with E-state index in [1.54, 1.807) is 0 Å². The van der Waals surface area contributed by atoms with Gasteiger partial charge in [0.25, 0.3) is 0 Å². The summed E-state index contributed by atoms with van der Waals surface area (Å²) in [6.45, 7) is 0. The van der Waals surface area contributed by atoms with E-state index in [-0.39, 0.29) is 0 Å². The number of furan rings is 1. The van der Waals surface area contributed by atoms with Crippen molar-refractivity contribution in [3.8, 4) is 44.5 Å². The fourth-order valence-corrected chi connectivity index (χ4v) is 12.0. The molecule has 79 heavy (non-hydrogen) atoms. The first-order valence-electron chi connectivity index (χ1n) is 27.1. The molecule has 0 saturated carbocycles. The number of hydrogen-bond acceptors (Lipinski definition) is 3. The van der Waals surface area contributed by atoms with E-state index in [1.807, 2.05) is 0 Å². The third-order valence-corrected chi connectivity index (χ3v) is 15.7. The molecule has 15 rings (SSSR count). The molecule has 14 aromatic carbocycles. The van der Waals surface area contributed by atoms with Crippen molar-refractivity contribution in [2.75, 3.05) is 9.80 Å². The Labute approximate surface area is 458 Å². The Bertz CT molecular complexity index is 4390. The van der Waals surface area contributed by atoms with Crippen LogP contribution < -0.4 is 9.80 Å². The second-order valence-corrected chi connectivity index (χ2v) is 20.4. The topological polar surface area (TPSA) is 19.6 Å². The molecule has 0 bridgehead atoms. The number of para-hydroxylation sites is 1. The van der Waals surface area contributed by atoms with Gasteiger partial charge in [0, 0.05) is 49.3 Å². The molecular weight excluding hydrogens is 957 g/mol. The van der Waals surface area contributed by atoms with Gasteiger partial charge < -0.3 is 14.2 Å². The monoisotopic (exact) mass is 1010 g/mol. The zero-order chi connectivity index (χ0) is 52.2. The molecule has 0 amide bonds. The third kappa shape index (κ3) is 8.16. The first-order chi connectivity index (χ1) is 39.2. The van der Waals surface area contributed by atoms with E-state index in [1.165, 1.54) is 32.7 Å². The van der Waals surface area contributed by atoms with Crippen molar-refractivity contribution in [1.29, 1.82) is 0 Å². The number of benzene rings is 14. The molecule has 3 heteroatoms. The lowest BCUT2D eigenvalue weighted by Crippen LogP contribution is -2.14. The van der Waals surface area contributed by atoms with Crippen LogP contribution in [0.5, 0.6) is 0 Å². The lowest BCUT2D eigenvalue weighted by atomic mass is 9.92. The molecule has 0 saturated heterocycles. The summed E-state index contributed by atoms with van der Waals surface area (Å²) < 4.78 is 7.20. The maximum atomic E-state index is 7.20. The minimum Gasteiger partial charge on any atom is -0.455 e. The highest BCUT2D eigenvalue weighted by atomic mass is 16.3. The van der Waals surface area contributed by atoms with Crippen LogP contribution in [0.1, 0.15) is 0 Å². The Hall–Kier alpha value is -10.5. The number of rotatable bonds is 10. The molecule has 1 aromatic heterocycles. The van der Waals surface area contributed by atoms with Crippen LogP contribution in [0, 0.1) is 0 Å². The highest BCUT2D eigenvalue weighted by Crippen LogP contribution is 2.49. The molecule has 0 fully saturated rings. The van der Waals surface area contributed by atoms with Gasteiger partial charge in [-0.25, -0.2) is 0 Å². The summed E-state index contributed by atoms with van der Waals surface area (Å²) in [6.07, 6.45) is 0. The minimum absolute atomic E-state index is 0.828. The van der Waals surface area contributed by atoms with Crippen LogP contribution in [0.25, 0.3) is 110 Å². The number of nitrogens with zero attached hydrogens (tertiary/aromatic N) is 2. The van der Waals surface area contributed by atoms with Gasteiger partial charge in [-0.05, 0) is 133 Å². The first kappa shape index (κ1) is 45.9. The minimum atomic E-state index is 0.828.